The molecule has 0 saturated carbocycles. The van der Waals surface area contributed by atoms with Gasteiger partial charge in [-0.25, -0.2) is 0 Å². The van der Waals surface area contributed by atoms with Crippen molar-refractivity contribution >= 4 is 11.5 Å². The lowest BCUT2D eigenvalue weighted by Crippen LogP contribution is -2.20. The van der Waals surface area contributed by atoms with Gasteiger partial charge in [0, 0.05) is 32.0 Å². The van der Waals surface area contributed by atoms with Crippen LogP contribution >= 0.6 is 0 Å². The summed E-state index contributed by atoms with van der Waals surface area (Å²) in [7, 11) is 2.05. The average Bonchev–Trinajstić information content (AvgIpc) is 3.37. The van der Waals surface area contributed by atoms with Crippen molar-refractivity contribution in [1.29, 1.82) is 0 Å². The van der Waals surface area contributed by atoms with Crippen LogP contribution in [0.15, 0.2) is 40.9 Å². The molecule has 150 valence electrons. The number of rotatable bonds is 8. The lowest BCUT2D eigenvalue weighted by molar-refractivity contribution is 0.377. The molecule has 0 unspecified atom stereocenters. The van der Waals surface area contributed by atoms with Crippen LogP contribution < -0.4 is 4.90 Å². The van der Waals surface area contributed by atoms with Crippen LogP contribution in [-0.2, 0) is 12.8 Å². The number of anilines is 1. The molecule has 0 spiro atoms. The minimum absolute atomic E-state index is 0.580. The van der Waals surface area contributed by atoms with Crippen molar-refractivity contribution in [2.45, 2.75) is 39.5 Å². The summed E-state index contributed by atoms with van der Waals surface area (Å²) in [5.41, 5.74) is 2.84. The Balaban J connectivity index is 1.49. The van der Waals surface area contributed by atoms with Crippen molar-refractivity contribution in [2.75, 3.05) is 18.5 Å². The Morgan fingerprint density at radius 3 is 2.76 bits per heavy atom. The fraction of sp³-hybridized carbons (Fsp3) is 0.381. The number of benzene rings is 1. The molecule has 0 aliphatic heterocycles. The van der Waals surface area contributed by atoms with Crippen LogP contribution in [0.25, 0.3) is 17.0 Å². The van der Waals surface area contributed by atoms with Gasteiger partial charge < -0.3 is 9.42 Å². The monoisotopic (exact) mass is 391 g/mol. The first-order valence-electron chi connectivity index (χ1n) is 9.96. The van der Waals surface area contributed by atoms with Gasteiger partial charge in [0.15, 0.2) is 11.5 Å². The smallest absolute Gasteiger partial charge is 0.227 e. The minimum atomic E-state index is 0.580. The van der Waals surface area contributed by atoms with Gasteiger partial charge in [-0.05, 0) is 31.0 Å². The number of unbranched alkanes of at least 4 members (excludes halogenated alkanes) is 1. The zero-order valence-corrected chi connectivity index (χ0v) is 17.0. The van der Waals surface area contributed by atoms with Crippen LogP contribution in [0.3, 0.4) is 0 Å². The maximum Gasteiger partial charge on any atom is 0.227 e. The minimum Gasteiger partial charge on any atom is -0.358 e. The molecule has 3 aromatic heterocycles. The molecule has 0 aliphatic rings. The number of aromatic nitrogens is 6. The average molecular weight is 391 g/mol. The van der Waals surface area contributed by atoms with E-state index in [9.17, 15) is 0 Å². The Kier molecular flexibility index (Phi) is 5.50. The lowest BCUT2D eigenvalue weighted by atomic mass is 10.1. The van der Waals surface area contributed by atoms with Gasteiger partial charge in [-0.3, -0.25) is 0 Å². The third-order valence-electron chi connectivity index (χ3n) is 4.97. The van der Waals surface area contributed by atoms with Crippen LogP contribution in [0.1, 0.15) is 37.0 Å². The molecule has 4 rings (SSSR count). The molecule has 0 bridgehead atoms. The summed E-state index contributed by atoms with van der Waals surface area (Å²) in [6.45, 7) is 5.19. The van der Waals surface area contributed by atoms with Crippen molar-refractivity contribution < 1.29 is 4.52 Å². The Morgan fingerprint density at radius 2 is 1.93 bits per heavy atom. The molecule has 0 aliphatic carbocycles. The Labute approximate surface area is 169 Å². The van der Waals surface area contributed by atoms with Crippen LogP contribution in [0.5, 0.6) is 0 Å². The summed E-state index contributed by atoms with van der Waals surface area (Å²) < 4.78 is 7.25. The summed E-state index contributed by atoms with van der Waals surface area (Å²) >= 11 is 0. The highest BCUT2D eigenvalue weighted by Gasteiger charge is 2.14. The number of fused-ring (bicyclic) bond motifs is 1. The number of aryl methyl sites for hydroxylation is 3. The van der Waals surface area contributed by atoms with Crippen molar-refractivity contribution in [3.63, 3.8) is 0 Å². The molecule has 0 atom stereocenters. The second kappa shape index (κ2) is 8.38. The van der Waals surface area contributed by atoms with Gasteiger partial charge in [0.2, 0.25) is 11.7 Å². The second-order valence-corrected chi connectivity index (χ2v) is 7.18. The Hall–Kier alpha value is -3.29. The zero-order chi connectivity index (χ0) is 20.2. The first kappa shape index (κ1) is 19.0. The second-order valence-electron chi connectivity index (χ2n) is 7.18. The number of hydrogen-bond acceptors (Lipinski definition) is 7. The molecule has 8 heteroatoms. The van der Waals surface area contributed by atoms with Crippen molar-refractivity contribution in [2.24, 2.45) is 0 Å². The van der Waals surface area contributed by atoms with E-state index in [2.05, 4.69) is 39.2 Å². The summed E-state index contributed by atoms with van der Waals surface area (Å²) in [6.07, 6.45) is 3.48. The summed E-state index contributed by atoms with van der Waals surface area (Å²) in [4.78, 5) is 6.69. The van der Waals surface area contributed by atoms with E-state index in [1.165, 1.54) is 0 Å². The number of hydrogen-bond donors (Lipinski definition) is 0. The van der Waals surface area contributed by atoms with E-state index in [0.29, 0.717) is 24.6 Å². The van der Waals surface area contributed by atoms with Crippen LogP contribution in [-0.4, -0.2) is 43.5 Å². The molecule has 8 nitrogen and oxygen atoms in total. The predicted molar refractivity (Wildman–Crippen MR) is 111 cm³/mol. The molecule has 4 aromatic rings. The van der Waals surface area contributed by atoms with Crippen LogP contribution in [0, 0.1) is 6.92 Å². The van der Waals surface area contributed by atoms with E-state index in [4.69, 9.17) is 9.62 Å². The third-order valence-corrected chi connectivity index (χ3v) is 4.97. The van der Waals surface area contributed by atoms with Gasteiger partial charge in [0.05, 0.1) is 0 Å². The maximum absolute atomic E-state index is 5.44. The van der Waals surface area contributed by atoms with E-state index in [0.717, 1.165) is 47.8 Å². The summed E-state index contributed by atoms with van der Waals surface area (Å²) in [5.74, 6) is 2.88. The summed E-state index contributed by atoms with van der Waals surface area (Å²) in [6, 6.07) is 11.9. The van der Waals surface area contributed by atoms with Gasteiger partial charge in [-0.1, -0.05) is 42.8 Å². The highest BCUT2D eigenvalue weighted by molar-refractivity contribution is 5.58. The van der Waals surface area contributed by atoms with Crippen molar-refractivity contribution in [1.82, 2.24) is 30.0 Å². The van der Waals surface area contributed by atoms with Gasteiger partial charge in [0.1, 0.15) is 5.82 Å². The fourth-order valence-electron chi connectivity index (χ4n) is 3.20. The SMILES string of the molecule is CCCCN(C)c1ccc2nnc(CCc3nc(-c4ccccc4C)no3)n2n1. The molecule has 3 heterocycles. The molecule has 0 amide bonds. The maximum atomic E-state index is 5.44. The largest absolute Gasteiger partial charge is 0.358 e. The molecule has 0 fully saturated rings. The number of nitrogens with zero attached hydrogens (tertiary/aromatic N) is 7. The van der Waals surface area contributed by atoms with E-state index in [1.54, 1.807) is 4.52 Å². The van der Waals surface area contributed by atoms with Crippen LogP contribution in [0.4, 0.5) is 5.82 Å². The molecular weight excluding hydrogens is 366 g/mol. The predicted octanol–water partition coefficient (Wildman–Crippen LogP) is 3.50. The standard InChI is InChI=1S/C21H25N7O/c1-4-5-14-27(3)19-11-10-17-23-24-18(28(17)25-19)12-13-20-22-21(26-29-20)16-9-7-6-8-15(16)2/h6-11H,4-5,12-14H2,1-3H3. The van der Waals surface area contributed by atoms with Crippen molar-refractivity contribution in [3.8, 4) is 11.4 Å². The highest BCUT2D eigenvalue weighted by atomic mass is 16.5. The molecule has 0 N–H and O–H groups in total. The zero-order valence-electron chi connectivity index (χ0n) is 17.0. The fourth-order valence-corrected chi connectivity index (χ4v) is 3.20. The molecular formula is C21H25N7O. The highest BCUT2D eigenvalue weighted by Crippen LogP contribution is 2.20. The van der Waals surface area contributed by atoms with Gasteiger partial charge in [-0.2, -0.15) is 9.50 Å². The Bertz CT molecular complexity index is 1100. The topological polar surface area (TPSA) is 85.2 Å². The first-order chi connectivity index (χ1) is 14.2. The molecule has 0 saturated heterocycles. The van der Waals surface area contributed by atoms with Crippen molar-refractivity contribution in [3.05, 3.63) is 53.7 Å². The molecule has 0 radical (unpaired) electrons. The van der Waals surface area contributed by atoms with E-state index < -0.39 is 0 Å². The van der Waals surface area contributed by atoms with E-state index in [1.807, 2.05) is 43.3 Å². The third kappa shape index (κ3) is 4.11. The first-order valence-corrected chi connectivity index (χ1v) is 9.96. The molecule has 29 heavy (non-hydrogen) atoms. The summed E-state index contributed by atoms with van der Waals surface area (Å²) in [5, 5.41) is 17.4. The van der Waals surface area contributed by atoms with Crippen LogP contribution in [0.2, 0.25) is 0 Å². The lowest BCUT2D eigenvalue weighted by Gasteiger charge is -2.17. The quantitative estimate of drug-likeness (QED) is 0.454. The van der Waals surface area contributed by atoms with Gasteiger partial charge >= 0.3 is 0 Å². The Morgan fingerprint density at radius 1 is 1.07 bits per heavy atom. The van der Waals surface area contributed by atoms with Gasteiger partial charge in [-0.15, -0.1) is 15.3 Å². The van der Waals surface area contributed by atoms with E-state index in [-0.39, 0.29) is 0 Å². The molecule has 1 aromatic carbocycles. The van der Waals surface area contributed by atoms with Gasteiger partial charge in [0.25, 0.3) is 0 Å². The van der Waals surface area contributed by atoms with E-state index >= 15 is 0 Å². The normalized spacial score (nSPS) is 11.3.